The van der Waals surface area contributed by atoms with Crippen LogP contribution in [0.3, 0.4) is 0 Å². The standard InChI is InChI=1S/C27H38N6/c1-4-24-21(3)31-26(32-24)19-33(15-8-7-13-28-18-23-11-5-6-14-29-23)25-12-9-10-22-16-20(2)17-30-27(22)25/h5-6,11,14,16-17,25,28H,4,7-10,12-13,15,18-19H2,1-3H3,(H,31,32). The molecule has 3 aromatic heterocycles. The maximum atomic E-state index is 4.90. The highest BCUT2D eigenvalue weighted by Gasteiger charge is 2.28. The molecule has 0 amide bonds. The van der Waals surface area contributed by atoms with E-state index in [1.54, 1.807) is 0 Å². The van der Waals surface area contributed by atoms with Gasteiger partial charge in [0, 0.05) is 24.6 Å². The predicted octanol–water partition coefficient (Wildman–Crippen LogP) is 4.83. The second kappa shape index (κ2) is 11.5. The number of hydrogen-bond acceptors (Lipinski definition) is 5. The number of aromatic amines is 1. The molecule has 1 aliphatic rings. The molecule has 1 aliphatic carbocycles. The van der Waals surface area contributed by atoms with Crippen molar-refractivity contribution in [1.29, 1.82) is 0 Å². The summed E-state index contributed by atoms with van der Waals surface area (Å²) in [6, 6.07) is 8.77. The Balaban J connectivity index is 1.39. The SMILES string of the molecule is CCc1nc(CN(CCCCNCc2ccccn2)C2CCCc3cc(C)cnc32)[nH]c1C. The normalized spacial score (nSPS) is 15.7. The van der Waals surface area contributed by atoms with Gasteiger partial charge >= 0.3 is 0 Å². The van der Waals surface area contributed by atoms with Gasteiger partial charge in [0.05, 0.1) is 29.7 Å². The van der Waals surface area contributed by atoms with Gasteiger partial charge in [-0.15, -0.1) is 0 Å². The lowest BCUT2D eigenvalue weighted by molar-refractivity contribution is 0.159. The molecule has 33 heavy (non-hydrogen) atoms. The number of pyridine rings is 2. The summed E-state index contributed by atoms with van der Waals surface area (Å²) in [5.41, 5.74) is 7.44. The van der Waals surface area contributed by atoms with E-state index in [4.69, 9.17) is 9.97 Å². The van der Waals surface area contributed by atoms with Crippen LogP contribution in [0.2, 0.25) is 0 Å². The smallest absolute Gasteiger partial charge is 0.120 e. The van der Waals surface area contributed by atoms with Crippen LogP contribution < -0.4 is 5.32 Å². The topological polar surface area (TPSA) is 69.7 Å². The number of fused-ring (bicyclic) bond motifs is 1. The van der Waals surface area contributed by atoms with Gasteiger partial charge in [0.1, 0.15) is 5.82 Å². The van der Waals surface area contributed by atoms with Gasteiger partial charge in [-0.2, -0.15) is 0 Å². The Hall–Kier alpha value is -2.57. The second-order valence-corrected chi connectivity index (χ2v) is 9.25. The van der Waals surface area contributed by atoms with E-state index in [2.05, 4.69) is 53.1 Å². The minimum absolute atomic E-state index is 0.367. The van der Waals surface area contributed by atoms with Crippen LogP contribution in [0.4, 0.5) is 0 Å². The molecule has 1 unspecified atom stereocenters. The summed E-state index contributed by atoms with van der Waals surface area (Å²) in [5.74, 6) is 1.08. The number of unbranched alkanes of at least 4 members (excludes halogenated alkanes) is 1. The van der Waals surface area contributed by atoms with Crippen LogP contribution >= 0.6 is 0 Å². The van der Waals surface area contributed by atoms with Gasteiger partial charge in [0.2, 0.25) is 0 Å². The van der Waals surface area contributed by atoms with Crippen molar-refractivity contribution < 1.29 is 0 Å². The lowest BCUT2D eigenvalue weighted by Crippen LogP contribution is -2.33. The maximum Gasteiger partial charge on any atom is 0.120 e. The highest BCUT2D eigenvalue weighted by Crippen LogP contribution is 2.34. The second-order valence-electron chi connectivity index (χ2n) is 9.25. The fraction of sp³-hybridized carbons (Fsp3) is 0.519. The minimum Gasteiger partial charge on any atom is -0.345 e. The zero-order valence-electron chi connectivity index (χ0n) is 20.4. The summed E-state index contributed by atoms with van der Waals surface area (Å²) in [5, 5.41) is 3.53. The molecule has 0 saturated carbocycles. The van der Waals surface area contributed by atoms with E-state index >= 15 is 0 Å². The Labute approximate surface area is 198 Å². The third kappa shape index (κ3) is 6.27. The van der Waals surface area contributed by atoms with Crippen molar-refractivity contribution in [2.45, 2.75) is 78.4 Å². The van der Waals surface area contributed by atoms with Gasteiger partial charge in [-0.25, -0.2) is 4.98 Å². The molecule has 0 radical (unpaired) electrons. The molecule has 3 aromatic rings. The summed E-state index contributed by atoms with van der Waals surface area (Å²) in [6.45, 7) is 10.2. The fourth-order valence-electron chi connectivity index (χ4n) is 4.92. The number of aromatic nitrogens is 4. The Kier molecular flexibility index (Phi) is 8.24. The quantitative estimate of drug-likeness (QED) is 0.413. The molecule has 4 rings (SSSR count). The van der Waals surface area contributed by atoms with Gasteiger partial charge in [-0.1, -0.05) is 19.1 Å². The highest BCUT2D eigenvalue weighted by molar-refractivity contribution is 5.29. The van der Waals surface area contributed by atoms with Crippen molar-refractivity contribution in [3.63, 3.8) is 0 Å². The van der Waals surface area contributed by atoms with E-state index in [0.717, 1.165) is 63.4 Å². The van der Waals surface area contributed by atoms with Crippen molar-refractivity contribution in [2.24, 2.45) is 0 Å². The van der Waals surface area contributed by atoms with Gasteiger partial charge in [-0.05, 0) is 88.7 Å². The summed E-state index contributed by atoms with van der Waals surface area (Å²) in [4.78, 5) is 20.3. The van der Waals surface area contributed by atoms with Crippen LogP contribution in [0, 0.1) is 13.8 Å². The van der Waals surface area contributed by atoms with Gasteiger partial charge < -0.3 is 10.3 Å². The zero-order chi connectivity index (χ0) is 23.0. The molecular formula is C27H38N6. The Bertz CT molecular complexity index is 1010. The van der Waals surface area contributed by atoms with E-state index in [1.165, 1.54) is 41.1 Å². The first-order valence-corrected chi connectivity index (χ1v) is 12.5. The monoisotopic (exact) mass is 446 g/mol. The molecule has 6 nitrogen and oxygen atoms in total. The average Bonchev–Trinajstić information content (AvgIpc) is 3.19. The number of aryl methyl sites for hydroxylation is 4. The summed E-state index contributed by atoms with van der Waals surface area (Å²) >= 11 is 0. The molecule has 0 spiro atoms. The number of rotatable bonds is 11. The van der Waals surface area contributed by atoms with E-state index in [-0.39, 0.29) is 0 Å². The third-order valence-corrected chi connectivity index (χ3v) is 6.62. The third-order valence-electron chi connectivity index (χ3n) is 6.62. The molecule has 0 aromatic carbocycles. The first-order chi connectivity index (χ1) is 16.1. The zero-order valence-corrected chi connectivity index (χ0v) is 20.4. The molecule has 176 valence electrons. The number of H-pyrrole nitrogens is 1. The lowest BCUT2D eigenvalue weighted by atomic mass is 9.90. The van der Waals surface area contributed by atoms with Crippen LogP contribution in [-0.2, 0) is 25.9 Å². The average molecular weight is 447 g/mol. The molecule has 0 fully saturated rings. The molecule has 0 bridgehead atoms. The van der Waals surface area contributed by atoms with Crippen LogP contribution in [0.15, 0.2) is 36.7 Å². The van der Waals surface area contributed by atoms with Gasteiger partial charge in [-0.3, -0.25) is 14.9 Å². The first kappa shape index (κ1) is 23.6. The van der Waals surface area contributed by atoms with Gasteiger partial charge in [0.15, 0.2) is 0 Å². The minimum atomic E-state index is 0.367. The van der Waals surface area contributed by atoms with E-state index in [1.807, 2.05) is 24.5 Å². The molecular weight excluding hydrogens is 408 g/mol. The van der Waals surface area contributed by atoms with Crippen LogP contribution in [0.1, 0.15) is 78.4 Å². The van der Waals surface area contributed by atoms with Crippen molar-refractivity contribution in [2.75, 3.05) is 13.1 Å². The molecule has 0 aliphatic heterocycles. The van der Waals surface area contributed by atoms with E-state index in [9.17, 15) is 0 Å². The number of imidazole rings is 1. The molecule has 3 heterocycles. The van der Waals surface area contributed by atoms with Crippen LogP contribution in [0.25, 0.3) is 0 Å². The molecule has 2 N–H and O–H groups in total. The summed E-state index contributed by atoms with van der Waals surface area (Å²) < 4.78 is 0. The highest BCUT2D eigenvalue weighted by atomic mass is 15.2. The fourth-order valence-corrected chi connectivity index (χ4v) is 4.92. The first-order valence-electron chi connectivity index (χ1n) is 12.5. The van der Waals surface area contributed by atoms with Crippen molar-refractivity contribution in [3.05, 3.63) is 76.4 Å². The number of hydrogen-bond donors (Lipinski definition) is 2. The Morgan fingerprint density at radius 3 is 2.88 bits per heavy atom. The summed E-state index contributed by atoms with van der Waals surface area (Å²) in [6.07, 6.45) is 10.7. The Morgan fingerprint density at radius 2 is 2.09 bits per heavy atom. The molecule has 0 saturated heterocycles. The Morgan fingerprint density at radius 1 is 1.18 bits per heavy atom. The van der Waals surface area contributed by atoms with Crippen LogP contribution in [-0.4, -0.2) is 37.9 Å². The predicted molar refractivity (Wildman–Crippen MR) is 133 cm³/mol. The number of nitrogens with zero attached hydrogens (tertiary/aromatic N) is 4. The maximum absolute atomic E-state index is 4.90. The van der Waals surface area contributed by atoms with Crippen LogP contribution in [0.5, 0.6) is 0 Å². The van der Waals surface area contributed by atoms with Crippen molar-refractivity contribution >= 4 is 0 Å². The van der Waals surface area contributed by atoms with E-state index in [0.29, 0.717) is 6.04 Å². The number of nitrogens with one attached hydrogen (secondary N) is 2. The van der Waals surface area contributed by atoms with Crippen molar-refractivity contribution in [1.82, 2.24) is 30.2 Å². The molecule has 1 atom stereocenters. The summed E-state index contributed by atoms with van der Waals surface area (Å²) in [7, 11) is 0. The largest absolute Gasteiger partial charge is 0.345 e. The van der Waals surface area contributed by atoms with E-state index < -0.39 is 0 Å². The lowest BCUT2D eigenvalue weighted by Gasteiger charge is -2.35. The van der Waals surface area contributed by atoms with Crippen molar-refractivity contribution in [3.8, 4) is 0 Å². The molecule has 6 heteroatoms. The van der Waals surface area contributed by atoms with Gasteiger partial charge in [0.25, 0.3) is 0 Å².